The van der Waals surface area contributed by atoms with Crippen molar-refractivity contribution < 1.29 is 0 Å². The van der Waals surface area contributed by atoms with Gasteiger partial charge in [0.1, 0.15) is 11.0 Å². The molecule has 104 valence electrons. The van der Waals surface area contributed by atoms with Crippen LogP contribution >= 0.6 is 11.7 Å². The van der Waals surface area contributed by atoms with Crippen LogP contribution in [-0.4, -0.2) is 8.75 Å². The Labute approximate surface area is 129 Å². The van der Waals surface area contributed by atoms with Gasteiger partial charge in [0, 0.05) is 11.1 Å². The minimum atomic E-state index is 0.918. The van der Waals surface area contributed by atoms with E-state index in [4.69, 9.17) is 0 Å². The predicted octanol–water partition coefficient (Wildman–Crippen LogP) is 4.43. The number of rotatable bonds is 3. The molecule has 0 fully saturated rings. The maximum Gasteiger partial charge on any atom is 0.106 e. The van der Waals surface area contributed by atoms with Gasteiger partial charge in [-0.25, -0.2) is 0 Å². The molecule has 0 saturated carbocycles. The number of hydrogen-bond donors (Lipinski definition) is 0. The molecule has 2 aromatic carbocycles. The van der Waals surface area contributed by atoms with Crippen molar-refractivity contribution in [1.29, 1.82) is 0 Å². The van der Waals surface area contributed by atoms with Crippen molar-refractivity contribution in [3.8, 4) is 11.8 Å². The minimum absolute atomic E-state index is 0.918. The zero-order chi connectivity index (χ0) is 14.5. The summed E-state index contributed by atoms with van der Waals surface area (Å²) >= 11 is 1.24. The fourth-order valence-electron chi connectivity index (χ4n) is 2.14. The van der Waals surface area contributed by atoms with E-state index >= 15 is 0 Å². The van der Waals surface area contributed by atoms with E-state index in [1.807, 2.05) is 18.2 Å². The highest BCUT2D eigenvalue weighted by Crippen LogP contribution is 2.13. The Kier molecular flexibility index (Phi) is 4.28. The van der Waals surface area contributed by atoms with Crippen LogP contribution in [0.5, 0.6) is 0 Å². The molecule has 0 atom stereocenters. The third-order valence-electron chi connectivity index (χ3n) is 3.38. The van der Waals surface area contributed by atoms with Gasteiger partial charge in [-0.2, -0.15) is 8.75 Å². The Morgan fingerprint density at radius 3 is 2.43 bits per heavy atom. The molecule has 0 saturated heterocycles. The van der Waals surface area contributed by atoms with E-state index in [2.05, 4.69) is 51.8 Å². The number of nitrogens with zero attached hydrogens (tertiary/aromatic N) is 2. The number of benzene rings is 2. The van der Waals surface area contributed by atoms with Gasteiger partial charge in [0.2, 0.25) is 0 Å². The number of fused-ring (bicyclic) bond motifs is 1. The van der Waals surface area contributed by atoms with E-state index in [0.717, 1.165) is 28.6 Å². The molecule has 0 unspecified atom stereocenters. The second-order valence-electron chi connectivity index (χ2n) is 5.02. The molecule has 0 aliphatic carbocycles. The first kappa shape index (κ1) is 13.8. The molecule has 3 heteroatoms. The van der Waals surface area contributed by atoms with Crippen molar-refractivity contribution in [3.05, 3.63) is 59.2 Å². The van der Waals surface area contributed by atoms with Crippen molar-refractivity contribution in [2.24, 2.45) is 0 Å². The van der Waals surface area contributed by atoms with Crippen molar-refractivity contribution in [2.45, 2.75) is 26.2 Å². The summed E-state index contributed by atoms with van der Waals surface area (Å²) in [5.41, 5.74) is 5.27. The molecule has 0 aliphatic heterocycles. The van der Waals surface area contributed by atoms with E-state index in [-0.39, 0.29) is 0 Å². The highest BCUT2D eigenvalue weighted by molar-refractivity contribution is 7.00. The number of aromatic nitrogens is 2. The average Bonchev–Trinajstić information content (AvgIpc) is 2.99. The largest absolute Gasteiger partial charge is 0.173 e. The summed E-state index contributed by atoms with van der Waals surface area (Å²) in [5.74, 6) is 6.40. The number of aryl methyl sites for hydroxylation is 1. The Hall–Kier alpha value is -2.18. The molecular formula is C18H16N2S. The van der Waals surface area contributed by atoms with Gasteiger partial charge in [-0.3, -0.25) is 0 Å². The molecule has 3 rings (SSSR count). The highest BCUT2D eigenvalue weighted by Gasteiger charge is 1.98. The molecule has 0 spiro atoms. The van der Waals surface area contributed by atoms with E-state index < -0.39 is 0 Å². The molecule has 21 heavy (non-hydrogen) atoms. The summed E-state index contributed by atoms with van der Waals surface area (Å²) < 4.78 is 8.43. The first-order chi connectivity index (χ1) is 10.3. The molecule has 0 bridgehead atoms. The van der Waals surface area contributed by atoms with Gasteiger partial charge in [-0.1, -0.05) is 37.3 Å². The molecule has 0 aliphatic rings. The summed E-state index contributed by atoms with van der Waals surface area (Å²) in [6, 6.07) is 14.5. The standard InChI is InChI=1S/C18H16N2S/c1-2-3-4-14-5-7-15(8-6-14)9-10-16-11-12-17-18(13-16)20-21-19-17/h5-8,11-13H,2-4H2,1H3. The lowest BCUT2D eigenvalue weighted by molar-refractivity contribution is 0.795. The summed E-state index contributed by atoms with van der Waals surface area (Å²) in [7, 11) is 0. The molecular weight excluding hydrogens is 276 g/mol. The normalized spacial score (nSPS) is 10.3. The average molecular weight is 292 g/mol. The highest BCUT2D eigenvalue weighted by atomic mass is 32.1. The van der Waals surface area contributed by atoms with Crippen molar-refractivity contribution in [1.82, 2.24) is 8.75 Å². The maximum atomic E-state index is 4.24. The zero-order valence-corrected chi connectivity index (χ0v) is 12.8. The predicted molar refractivity (Wildman–Crippen MR) is 88.4 cm³/mol. The van der Waals surface area contributed by atoms with Crippen LogP contribution in [-0.2, 0) is 6.42 Å². The molecule has 1 heterocycles. The van der Waals surface area contributed by atoms with Crippen molar-refractivity contribution in [3.63, 3.8) is 0 Å². The van der Waals surface area contributed by atoms with Crippen LogP contribution in [0.15, 0.2) is 42.5 Å². The smallest absolute Gasteiger partial charge is 0.106 e. The van der Waals surface area contributed by atoms with Gasteiger partial charge >= 0.3 is 0 Å². The maximum absolute atomic E-state index is 4.24. The first-order valence-corrected chi connectivity index (χ1v) is 7.91. The summed E-state index contributed by atoms with van der Waals surface area (Å²) in [6.07, 6.45) is 3.62. The third-order valence-corrected chi connectivity index (χ3v) is 3.93. The van der Waals surface area contributed by atoms with E-state index in [9.17, 15) is 0 Å². The summed E-state index contributed by atoms with van der Waals surface area (Å²) in [6.45, 7) is 2.22. The van der Waals surface area contributed by atoms with Crippen LogP contribution in [0.1, 0.15) is 36.5 Å². The van der Waals surface area contributed by atoms with Crippen LogP contribution < -0.4 is 0 Å². The Morgan fingerprint density at radius 2 is 1.62 bits per heavy atom. The molecule has 2 nitrogen and oxygen atoms in total. The van der Waals surface area contributed by atoms with Crippen LogP contribution in [0.3, 0.4) is 0 Å². The van der Waals surface area contributed by atoms with Crippen molar-refractivity contribution in [2.75, 3.05) is 0 Å². The van der Waals surface area contributed by atoms with Gasteiger partial charge in [-0.05, 0) is 48.7 Å². The molecule has 3 aromatic rings. The lowest BCUT2D eigenvalue weighted by Gasteiger charge is -1.99. The SMILES string of the molecule is CCCCc1ccc(C#Cc2ccc3nsnc3c2)cc1. The quantitative estimate of drug-likeness (QED) is 0.667. The van der Waals surface area contributed by atoms with Crippen molar-refractivity contribution >= 4 is 22.8 Å². The van der Waals surface area contributed by atoms with Gasteiger partial charge in [0.05, 0.1) is 11.7 Å². The van der Waals surface area contributed by atoms with E-state index in [1.54, 1.807) is 0 Å². The van der Waals surface area contributed by atoms with Gasteiger partial charge in [0.15, 0.2) is 0 Å². The van der Waals surface area contributed by atoms with Crippen LogP contribution in [0.4, 0.5) is 0 Å². The second-order valence-corrected chi connectivity index (χ2v) is 5.55. The Bertz CT molecular complexity index is 791. The number of unbranched alkanes of at least 4 members (excludes halogenated alkanes) is 1. The topological polar surface area (TPSA) is 25.8 Å². The third kappa shape index (κ3) is 3.48. The van der Waals surface area contributed by atoms with E-state index in [1.165, 1.54) is 30.1 Å². The fraction of sp³-hybridized carbons (Fsp3) is 0.222. The monoisotopic (exact) mass is 292 g/mol. The van der Waals surface area contributed by atoms with Crippen LogP contribution in [0.2, 0.25) is 0 Å². The number of hydrogen-bond acceptors (Lipinski definition) is 3. The molecule has 0 radical (unpaired) electrons. The van der Waals surface area contributed by atoms with Gasteiger partial charge < -0.3 is 0 Å². The summed E-state index contributed by atoms with van der Waals surface area (Å²) in [4.78, 5) is 0. The zero-order valence-electron chi connectivity index (χ0n) is 12.0. The van der Waals surface area contributed by atoms with Gasteiger partial charge in [0.25, 0.3) is 0 Å². The first-order valence-electron chi connectivity index (χ1n) is 7.18. The minimum Gasteiger partial charge on any atom is -0.173 e. The van der Waals surface area contributed by atoms with Gasteiger partial charge in [-0.15, -0.1) is 0 Å². The lowest BCUT2D eigenvalue weighted by Crippen LogP contribution is -1.84. The Balaban J connectivity index is 1.76. The summed E-state index contributed by atoms with van der Waals surface area (Å²) in [5, 5.41) is 0. The van der Waals surface area contributed by atoms with E-state index in [0.29, 0.717) is 0 Å². The molecule has 1 aromatic heterocycles. The molecule has 0 N–H and O–H groups in total. The fourth-order valence-corrected chi connectivity index (χ4v) is 2.66. The second kappa shape index (κ2) is 6.51. The van der Waals surface area contributed by atoms with Crippen LogP contribution in [0.25, 0.3) is 11.0 Å². The Morgan fingerprint density at radius 1 is 0.905 bits per heavy atom. The molecule has 0 amide bonds. The van der Waals surface area contributed by atoms with Crippen LogP contribution in [0, 0.1) is 11.8 Å². The lowest BCUT2D eigenvalue weighted by atomic mass is 10.1.